The first-order valence-electron chi connectivity index (χ1n) is 5.56. The monoisotopic (exact) mass is 220 g/mol. The molecule has 1 heterocycles. The molecule has 1 aliphatic rings. The van der Waals surface area contributed by atoms with Gasteiger partial charge in [0.1, 0.15) is 0 Å². The van der Waals surface area contributed by atoms with Crippen LogP contribution in [0.4, 0.5) is 8.78 Å². The van der Waals surface area contributed by atoms with Crippen molar-refractivity contribution in [2.24, 2.45) is 0 Å². The third kappa shape index (κ3) is 3.38. The van der Waals surface area contributed by atoms with Crippen LogP contribution in [-0.2, 0) is 0 Å². The highest BCUT2D eigenvalue weighted by molar-refractivity contribution is 4.91. The molecular formula is C11H22F2N2. The molecule has 1 saturated heterocycles. The van der Waals surface area contributed by atoms with Crippen LogP contribution >= 0.6 is 0 Å². The molecule has 0 spiro atoms. The van der Waals surface area contributed by atoms with Gasteiger partial charge in [-0.15, -0.1) is 0 Å². The third-order valence-electron chi connectivity index (χ3n) is 3.26. The average Bonchev–Trinajstić information content (AvgIpc) is 2.39. The lowest BCUT2D eigenvalue weighted by molar-refractivity contribution is -0.0169. The average molecular weight is 220 g/mol. The molecule has 1 aliphatic heterocycles. The van der Waals surface area contributed by atoms with E-state index in [1.165, 1.54) is 0 Å². The minimum Gasteiger partial charge on any atom is -0.308 e. The Hall–Kier alpha value is -0.220. The van der Waals surface area contributed by atoms with E-state index in [0.29, 0.717) is 19.5 Å². The molecule has 0 amide bonds. The summed E-state index contributed by atoms with van der Waals surface area (Å²) in [7, 11) is 1.98. The van der Waals surface area contributed by atoms with Crippen LogP contribution in [0.5, 0.6) is 0 Å². The van der Waals surface area contributed by atoms with E-state index in [-0.39, 0.29) is 12.0 Å². The first-order valence-corrected chi connectivity index (χ1v) is 5.56. The maximum Gasteiger partial charge on any atom is 0.264 e. The number of hydrogen-bond donors (Lipinski definition) is 1. The molecule has 0 aromatic heterocycles. The van der Waals surface area contributed by atoms with Crippen LogP contribution < -0.4 is 5.32 Å². The maximum atomic E-state index is 13.3. The predicted octanol–water partition coefficient (Wildman–Crippen LogP) is 2.10. The van der Waals surface area contributed by atoms with E-state index in [4.69, 9.17) is 0 Å². The number of nitrogens with zero attached hydrogens (tertiary/aromatic N) is 1. The second-order valence-electron chi connectivity index (χ2n) is 5.40. The van der Waals surface area contributed by atoms with Gasteiger partial charge in [-0.1, -0.05) is 0 Å². The summed E-state index contributed by atoms with van der Waals surface area (Å²) in [6.07, 6.45) is 0.498. The van der Waals surface area contributed by atoms with Gasteiger partial charge in [-0.25, -0.2) is 8.78 Å². The molecule has 4 heteroatoms. The zero-order valence-corrected chi connectivity index (χ0v) is 10.1. The summed E-state index contributed by atoms with van der Waals surface area (Å²) >= 11 is 0. The van der Waals surface area contributed by atoms with Crippen LogP contribution in [0.15, 0.2) is 0 Å². The lowest BCUT2D eigenvalue weighted by Gasteiger charge is -2.33. The van der Waals surface area contributed by atoms with Gasteiger partial charge in [0.15, 0.2) is 0 Å². The minimum absolute atomic E-state index is 0.0170. The molecule has 0 radical (unpaired) electrons. The van der Waals surface area contributed by atoms with Crippen molar-refractivity contribution in [1.82, 2.24) is 10.2 Å². The summed E-state index contributed by atoms with van der Waals surface area (Å²) in [6, 6.07) is -0.637. The summed E-state index contributed by atoms with van der Waals surface area (Å²) in [6.45, 7) is 7.42. The molecule has 0 aromatic carbocycles. The molecule has 0 aromatic rings. The van der Waals surface area contributed by atoms with Crippen LogP contribution in [0.2, 0.25) is 0 Å². The Bertz CT molecular complexity index is 211. The lowest BCUT2D eigenvalue weighted by atomic mass is 10.0. The topological polar surface area (TPSA) is 15.3 Å². The Morgan fingerprint density at radius 3 is 2.40 bits per heavy atom. The Morgan fingerprint density at radius 2 is 2.00 bits per heavy atom. The van der Waals surface area contributed by atoms with Crippen LogP contribution in [-0.4, -0.2) is 42.5 Å². The molecule has 1 atom stereocenters. The Labute approximate surface area is 91.0 Å². The van der Waals surface area contributed by atoms with E-state index < -0.39 is 12.0 Å². The zero-order valence-electron chi connectivity index (χ0n) is 10.1. The van der Waals surface area contributed by atoms with E-state index in [1.807, 2.05) is 7.05 Å². The molecular weight excluding hydrogens is 198 g/mol. The maximum absolute atomic E-state index is 13.3. The van der Waals surface area contributed by atoms with Crippen LogP contribution in [0, 0.1) is 0 Å². The van der Waals surface area contributed by atoms with Gasteiger partial charge in [0, 0.05) is 25.0 Å². The molecule has 90 valence electrons. The minimum atomic E-state index is -2.52. The Morgan fingerprint density at radius 1 is 1.40 bits per heavy atom. The second kappa shape index (κ2) is 4.34. The van der Waals surface area contributed by atoms with Gasteiger partial charge in [-0.05, 0) is 34.2 Å². The van der Waals surface area contributed by atoms with Gasteiger partial charge in [-0.2, -0.15) is 0 Å². The largest absolute Gasteiger partial charge is 0.308 e. The van der Waals surface area contributed by atoms with Crippen molar-refractivity contribution >= 4 is 0 Å². The highest BCUT2D eigenvalue weighted by Gasteiger charge is 2.43. The number of nitrogens with one attached hydrogen (secondary N) is 1. The highest BCUT2D eigenvalue weighted by atomic mass is 19.3. The summed E-state index contributed by atoms with van der Waals surface area (Å²) in [5, 5.41) is 2.88. The van der Waals surface area contributed by atoms with E-state index in [2.05, 4.69) is 31.0 Å². The smallest absolute Gasteiger partial charge is 0.264 e. The van der Waals surface area contributed by atoms with Gasteiger partial charge < -0.3 is 10.2 Å². The fraction of sp³-hybridized carbons (Fsp3) is 1.00. The summed E-state index contributed by atoms with van der Waals surface area (Å²) in [5.41, 5.74) is 0.0495. The van der Waals surface area contributed by atoms with E-state index in [0.717, 1.165) is 0 Å². The third-order valence-corrected chi connectivity index (χ3v) is 3.26. The van der Waals surface area contributed by atoms with Crippen molar-refractivity contribution in [2.45, 2.75) is 51.1 Å². The molecule has 1 unspecified atom stereocenters. The fourth-order valence-electron chi connectivity index (χ4n) is 1.71. The summed E-state index contributed by atoms with van der Waals surface area (Å²) in [4.78, 5) is 2.11. The van der Waals surface area contributed by atoms with Crippen molar-refractivity contribution in [2.75, 3.05) is 20.1 Å². The van der Waals surface area contributed by atoms with Gasteiger partial charge >= 0.3 is 0 Å². The first kappa shape index (κ1) is 12.8. The first-order chi connectivity index (χ1) is 6.73. The van der Waals surface area contributed by atoms with E-state index >= 15 is 0 Å². The van der Waals surface area contributed by atoms with Crippen molar-refractivity contribution in [1.29, 1.82) is 0 Å². The lowest BCUT2D eigenvalue weighted by Crippen LogP contribution is -2.43. The fourth-order valence-corrected chi connectivity index (χ4v) is 1.71. The van der Waals surface area contributed by atoms with Gasteiger partial charge in [-0.3, -0.25) is 0 Å². The van der Waals surface area contributed by atoms with E-state index in [1.54, 1.807) is 0 Å². The highest BCUT2D eigenvalue weighted by Crippen LogP contribution is 2.29. The van der Waals surface area contributed by atoms with Crippen LogP contribution in [0.3, 0.4) is 0 Å². The number of alkyl halides is 2. The molecule has 0 aliphatic carbocycles. The molecule has 0 saturated carbocycles. The Kier molecular flexibility index (Phi) is 3.71. The summed E-state index contributed by atoms with van der Waals surface area (Å²) < 4.78 is 26.5. The van der Waals surface area contributed by atoms with E-state index in [9.17, 15) is 8.78 Å². The number of rotatable bonds is 3. The summed E-state index contributed by atoms with van der Waals surface area (Å²) in [5.74, 6) is -2.52. The normalized spacial score (nSPS) is 26.2. The van der Waals surface area contributed by atoms with Crippen molar-refractivity contribution < 1.29 is 8.78 Å². The van der Waals surface area contributed by atoms with Crippen molar-refractivity contribution in [3.8, 4) is 0 Å². The van der Waals surface area contributed by atoms with Gasteiger partial charge in [0.2, 0.25) is 0 Å². The standard InChI is InChI=1S/C11H22F2N2/c1-10(2,3)15(4)8-5-9-11(12,13)6-7-14-9/h9,14H,5-8H2,1-4H3. The predicted molar refractivity (Wildman–Crippen MR) is 58.4 cm³/mol. The molecule has 2 nitrogen and oxygen atoms in total. The van der Waals surface area contributed by atoms with Crippen LogP contribution in [0.25, 0.3) is 0 Å². The Balaban J connectivity index is 2.38. The van der Waals surface area contributed by atoms with Crippen LogP contribution in [0.1, 0.15) is 33.6 Å². The SMILES string of the molecule is CN(CCC1NCCC1(F)F)C(C)(C)C. The molecule has 1 rings (SSSR count). The molecule has 0 bridgehead atoms. The second-order valence-corrected chi connectivity index (χ2v) is 5.40. The molecule has 15 heavy (non-hydrogen) atoms. The number of hydrogen-bond acceptors (Lipinski definition) is 2. The zero-order chi connectivity index (χ0) is 11.7. The quantitative estimate of drug-likeness (QED) is 0.783. The van der Waals surface area contributed by atoms with Crippen molar-refractivity contribution in [3.05, 3.63) is 0 Å². The van der Waals surface area contributed by atoms with Crippen molar-refractivity contribution in [3.63, 3.8) is 0 Å². The van der Waals surface area contributed by atoms with Gasteiger partial charge in [0.25, 0.3) is 5.92 Å². The van der Waals surface area contributed by atoms with Gasteiger partial charge in [0.05, 0.1) is 6.04 Å². The molecule has 1 N–H and O–H groups in total. The molecule has 1 fully saturated rings. The number of halogens is 2.